The molecule has 0 unspecified atom stereocenters. The molecule has 0 saturated carbocycles. The van der Waals surface area contributed by atoms with E-state index < -0.39 is 5.82 Å². The largest absolute Gasteiger partial charge is 0.453 e. The van der Waals surface area contributed by atoms with Crippen LogP contribution < -0.4 is 15.4 Å². The lowest BCUT2D eigenvalue weighted by molar-refractivity contribution is 0.381. The van der Waals surface area contributed by atoms with Crippen LogP contribution in [-0.2, 0) is 0 Å². The Morgan fingerprint density at radius 2 is 2.11 bits per heavy atom. The molecule has 0 aliphatic carbocycles. The first-order valence-corrected chi connectivity index (χ1v) is 10.3. The molecule has 0 atom stereocenters. The Balaban J connectivity index is 1.54. The minimum Gasteiger partial charge on any atom is -0.453 e. The van der Waals surface area contributed by atoms with Gasteiger partial charge < -0.3 is 15.4 Å². The lowest BCUT2D eigenvalue weighted by Gasteiger charge is -2.20. The molecule has 2 aromatic heterocycles. The SMILES string of the molecule is CNc1ccc(Oc2ccnc3cc(C#CCC4CCNCC4)sc23)c(F)c1. The number of nitrogens with one attached hydrogen (secondary N) is 2. The Bertz CT molecular complexity index is 1030. The average molecular weight is 396 g/mol. The molecule has 28 heavy (non-hydrogen) atoms. The molecule has 1 aliphatic rings. The van der Waals surface area contributed by atoms with Gasteiger partial charge >= 0.3 is 0 Å². The predicted octanol–water partition coefficient (Wildman–Crippen LogP) is 5.01. The van der Waals surface area contributed by atoms with Gasteiger partial charge in [0, 0.05) is 37.5 Å². The number of ether oxygens (including phenoxy) is 1. The molecule has 0 spiro atoms. The molecule has 0 radical (unpaired) electrons. The number of piperidine rings is 1. The normalized spacial score (nSPS) is 14.5. The maximum absolute atomic E-state index is 14.3. The molecule has 1 saturated heterocycles. The Kier molecular flexibility index (Phi) is 5.75. The number of fused-ring (bicyclic) bond motifs is 1. The summed E-state index contributed by atoms with van der Waals surface area (Å²) in [7, 11) is 1.75. The van der Waals surface area contributed by atoms with E-state index in [4.69, 9.17) is 4.74 Å². The number of rotatable bonds is 4. The van der Waals surface area contributed by atoms with Gasteiger partial charge in [0.05, 0.1) is 15.1 Å². The predicted molar refractivity (Wildman–Crippen MR) is 113 cm³/mol. The molecule has 1 aliphatic heterocycles. The summed E-state index contributed by atoms with van der Waals surface area (Å²) in [6, 6.07) is 8.56. The first-order chi connectivity index (χ1) is 13.7. The zero-order valence-corrected chi connectivity index (χ0v) is 16.5. The van der Waals surface area contributed by atoms with Gasteiger partial charge in [0.15, 0.2) is 11.6 Å². The zero-order valence-electron chi connectivity index (χ0n) is 15.7. The van der Waals surface area contributed by atoms with Crippen molar-refractivity contribution in [3.05, 3.63) is 47.2 Å². The van der Waals surface area contributed by atoms with E-state index in [1.165, 1.54) is 30.2 Å². The number of hydrogen-bond acceptors (Lipinski definition) is 5. The number of nitrogens with zero attached hydrogens (tertiary/aromatic N) is 1. The maximum atomic E-state index is 14.3. The van der Waals surface area contributed by atoms with Crippen LogP contribution in [0.25, 0.3) is 10.2 Å². The van der Waals surface area contributed by atoms with E-state index in [2.05, 4.69) is 27.5 Å². The third-order valence-corrected chi connectivity index (χ3v) is 5.93. The lowest BCUT2D eigenvalue weighted by Crippen LogP contribution is -2.27. The van der Waals surface area contributed by atoms with Gasteiger partial charge in [-0.1, -0.05) is 11.8 Å². The summed E-state index contributed by atoms with van der Waals surface area (Å²) in [6.45, 7) is 2.18. The summed E-state index contributed by atoms with van der Waals surface area (Å²) in [5.74, 6) is 7.65. The van der Waals surface area contributed by atoms with Gasteiger partial charge in [-0.2, -0.15) is 0 Å². The highest BCUT2D eigenvalue weighted by Crippen LogP contribution is 2.35. The second kappa shape index (κ2) is 8.59. The standard InChI is InChI=1S/C22H22FN3OS/c1-24-16-5-6-20(18(23)13-16)27-21-9-12-26-19-14-17(28-22(19)21)4-2-3-15-7-10-25-11-8-15/h5-6,9,12-15,24-25H,3,7-8,10-11H2,1H3. The fraction of sp³-hybridized carbons (Fsp3) is 0.318. The van der Waals surface area contributed by atoms with Crippen LogP contribution in [-0.4, -0.2) is 25.1 Å². The molecule has 0 bridgehead atoms. The van der Waals surface area contributed by atoms with Crippen molar-refractivity contribution < 1.29 is 9.13 Å². The molecule has 1 aromatic carbocycles. The van der Waals surface area contributed by atoms with E-state index in [1.54, 1.807) is 31.4 Å². The average Bonchev–Trinajstić information content (AvgIpc) is 3.14. The quantitative estimate of drug-likeness (QED) is 0.610. The molecule has 144 valence electrons. The molecule has 3 heterocycles. The number of hydrogen-bond donors (Lipinski definition) is 2. The third kappa shape index (κ3) is 4.27. The molecule has 3 aromatic rings. The van der Waals surface area contributed by atoms with Crippen LogP contribution in [0.1, 0.15) is 24.1 Å². The van der Waals surface area contributed by atoms with Gasteiger partial charge in [-0.05, 0) is 50.0 Å². The molecule has 1 fully saturated rings. The fourth-order valence-electron chi connectivity index (χ4n) is 3.28. The number of benzene rings is 1. The van der Waals surface area contributed by atoms with E-state index in [1.807, 2.05) is 6.07 Å². The fourth-order valence-corrected chi connectivity index (χ4v) is 4.22. The summed E-state index contributed by atoms with van der Waals surface area (Å²) in [5.41, 5.74) is 1.52. The number of pyridine rings is 1. The Hall–Kier alpha value is -2.62. The van der Waals surface area contributed by atoms with Crippen molar-refractivity contribution in [1.29, 1.82) is 0 Å². The molecular formula is C22H22FN3OS. The highest BCUT2D eigenvalue weighted by Gasteiger charge is 2.13. The Morgan fingerprint density at radius 3 is 2.89 bits per heavy atom. The van der Waals surface area contributed by atoms with Crippen molar-refractivity contribution in [3.8, 4) is 23.3 Å². The van der Waals surface area contributed by atoms with Crippen molar-refractivity contribution in [1.82, 2.24) is 10.3 Å². The second-order valence-corrected chi connectivity index (χ2v) is 7.88. The van der Waals surface area contributed by atoms with Crippen LogP contribution in [0.3, 0.4) is 0 Å². The van der Waals surface area contributed by atoms with Crippen molar-refractivity contribution in [2.75, 3.05) is 25.5 Å². The van der Waals surface area contributed by atoms with E-state index in [0.717, 1.165) is 34.6 Å². The molecule has 6 heteroatoms. The topological polar surface area (TPSA) is 46.2 Å². The van der Waals surface area contributed by atoms with E-state index in [-0.39, 0.29) is 5.75 Å². The molecular weight excluding hydrogens is 373 g/mol. The smallest absolute Gasteiger partial charge is 0.167 e. The molecule has 0 amide bonds. The van der Waals surface area contributed by atoms with Crippen LogP contribution in [0, 0.1) is 23.6 Å². The highest BCUT2D eigenvalue weighted by molar-refractivity contribution is 7.19. The number of aromatic nitrogens is 1. The maximum Gasteiger partial charge on any atom is 0.167 e. The van der Waals surface area contributed by atoms with Crippen LogP contribution >= 0.6 is 11.3 Å². The molecule has 4 rings (SSSR count). The second-order valence-electron chi connectivity index (χ2n) is 6.83. The van der Waals surface area contributed by atoms with Crippen molar-refractivity contribution >= 4 is 27.2 Å². The van der Waals surface area contributed by atoms with Crippen LogP contribution in [0.2, 0.25) is 0 Å². The third-order valence-electron chi connectivity index (χ3n) is 4.88. The van der Waals surface area contributed by atoms with Crippen LogP contribution in [0.4, 0.5) is 10.1 Å². The molecule has 2 N–H and O–H groups in total. The Morgan fingerprint density at radius 1 is 1.25 bits per heavy atom. The van der Waals surface area contributed by atoms with Crippen molar-refractivity contribution in [2.45, 2.75) is 19.3 Å². The Labute approximate surface area is 168 Å². The minimum absolute atomic E-state index is 0.193. The zero-order chi connectivity index (χ0) is 19.3. The number of anilines is 1. The van der Waals surface area contributed by atoms with Crippen molar-refractivity contribution in [3.63, 3.8) is 0 Å². The summed E-state index contributed by atoms with van der Waals surface area (Å²) in [4.78, 5) is 5.36. The minimum atomic E-state index is -0.407. The summed E-state index contributed by atoms with van der Waals surface area (Å²) < 4.78 is 21.0. The van der Waals surface area contributed by atoms with Gasteiger partial charge in [0.2, 0.25) is 0 Å². The first kappa shape index (κ1) is 18.7. The number of thiophene rings is 1. The van der Waals surface area contributed by atoms with E-state index >= 15 is 0 Å². The van der Waals surface area contributed by atoms with E-state index in [9.17, 15) is 4.39 Å². The summed E-state index contributed by atoms with van der Waals surface area (Å²) >= 11 is 1.54. The first-order valence-electron chi connectivity index (χ1n) is 9.46. The number of halogens is 1. The van der Waals surface area contributed by atoms with Gasteiger partial charge in [0.1, 0.15) is 5.75 Å². The van der Waals surface area contributed by atoms with Crippen LogP contribution in [0.15, 0.2) is 36.5 Å². The van der Waals surface area contributed by atoms with Gasteiger partial charge in [-0.15, -0.1) is 11.3 Å². The van der Waals surface area contributed by atoms with Crippen LogP contribution in [0.5, 0.6) is 11.5 Å². The summed E-state index contributed by atoms with van der Waals surface area (Å²) in [5, 5.41) is 6.29. The monoisotopic (exact) mass is 395 g/mol. The van der Waals surface area contributed by atoms with Gasteiger partial charge in [-0.25, -0.2) is 4.39 Å². The summed E-state index contributed by atoms with van der Waals surface area (Å²) in [6.07, 6.45) is 4.99. The van der Waals surface area contributed by atoms with Crippen molar-refractivity contribution in [2.24, 2.45) is 5.92 Å². The van der Waals surface area contributed by atoms with Gasteiger partial charge in [0.25, 0.3) is 0 Å². The molecule has 4 nitrogen and oxygen atoms in total. The highest BCUT2D eigenvalue weighted by atomic mass is 32.1. The van der Waals surface area contributed by atoms with Gasteiger partial charge in [-0.3, -0.25) is 4.98 Å². The lowest BCUT2D eigenvalue weighted by atomic mass is 9.95. The van der Waals surface area contributed by atoms with E-state index in [0.29, 0.717) is 17.4 Å².